The molecule has 0 aliphatic carbocycles. The van der Waals surface area contributed by atoms with E-state index in [2.05, 4.69) is 21.9 Å². The van der Waals surface area contributed by atoms with Crippen molar-refractivity contribution in [3.05, 3.63) is 65.7 Å². The number of carbonyl (C=O) groups is 5. The van der Waals surface area contributed by atoms with Gasteiger partial charge in [0.1, 0.15) is 23.9 Å². The van der Waals surface area contributed by atoms with Gasteiger partial charge in [-0.15, -0.1) is 12.3 Å². The minimum Gasteiger partial charge on any atom is -0.508 e. The molecule has 9 N–H and O–H groups in total. The fourth-order valence-electron chi connectivity index (χ4n) is 4.43. The van der Waals surface area contributed by atoms with Crippen molar-refractivity contribution in [2.45, 2.75) is 62.7 Å². The smallest absolute Gasteiger partial charge is 0.326 e. The number of benzene rings is 2. The van der Waals surface area contributed by atoms with Crippen LogP contribution in [0.2, 0.25) is 0 Å². The largest absolute Gasteiger partial charge is 0.508 e. The van der Waals surface area contributed by atoms with Crippen LogP contribution in [0.15, 0.2) is 54.6 Å². The first kappa shape index (κ1) is 36.3. The van der Waals surface area contributed by atoms with Crippen molar-refractivity contribution in [3.63, 3.8) is 0 Å². The Hall–Kier alpha value is -4.93. The summed E-state index contributed by atoms with van der Waals surface area (Å²) in [5, 5.41) is 26.5. The summed E-state index contributed by atoms with van der Waals surface area (Å²) in [6.07, 6.45) is 6.72. The van der Waals surface area contributed by atoms with Gasteiger partial charge in [0.05, 0.1) is 12.6 Å². The minimum atomic E-state index is -1.20. The highest BCUT2D eigenvalue weighted by Crippen LogP contribution is 2.12. The number of terminal acetylenes is 1. The molecule has 2 aromatic rings. The lowest BCUT2D eigenvalue weighted by Gasteiger charge is -2.29. The number of likely N-dealkylation sites (N-methyl/N-ethyl adjacent to an activating group) is 1. The molecule has 0 radical (unpaired) electrons. The standard InChI is InChI=1S/C32H42N6O7/c1-3-9-25(36-29(41)24(34)18-22-13-15-23(39)16-14-22)30(42)35-20-28(40)38(2)27(19-21-10-5-4-6-11-21)31(43)37-26(32(44)45)12-7-8-17-33/h1,4-6,10-11,13-16,24-27,39H,7-9,12,17-20,33-34H2,2H3,(H,35,42)(H,36,41)(H,37,43)(H,44,45)/t24-,25-,26+,27-/m0/s1. The van der Waals surface area contributed by atoms with Gasteiger partial charge < -0.3 is 42.5 Å². The molecule has 0 heterocycles. The number of hydrogen-bond donors (Lipinski definition) is 7. The number of nitrogens with one attached hydrogen (secondary N) is 3. The molecule has 45 heavy (non-hydrogen) atoms. The summed E-state index contributed by atoms with van der Waals surface area (Å²) in [6.45, 7) is -0.137. The van der Waals surface area contributed by atoms with E-state index in [4.69, 9.17) is 17.9 Å². The highest BCUT2D eigenvalue weighted by Gasteiger charge is 2.31. The molecule has 4 atom stereocenters. The Kier molecular flexibility index (Phi) is 15.0. The van der Waals surface area contributed by atoms with Crippen molar-refractivity contribution >= 4 is 29.6 Å². The van der Waals surface area contributed by atoms with Gasteiger partial charge in [0.2, 0.25) is 23.6 Å². The number of rotatable bonds is 18. The summed E-state index contributed by atoms with van der Waals surface area (Å²) in [6, 6.07) is 10.6. The average molecular weight is 623 g/mol. The molecule has 0 aromatic heterocycles. The number of carboxylic acids is 1. The van der Waals surface area contributed by atoms with E-state index in [0.29, 0.717) is 24.9 Å². The molecule has 0 aliphatic rings. The molecule has 4 amide bonds. The van der Waals surface area contributed by atoms with Crippen LogP contribution in [-0.4, -0.2) is 89.0 Å². The lowest BCUT2D eigenvalue weighted by molar-refractivity contribution is -0.144. The van der Waals surface area contributed by atoms with Crippen molar-refractivity contribution in [2.24, 2.45) is 11.5 Å². The van der Waals surface area contributed by atoms with E-state index in [-0.39, 0.29) is 31.4 Å². The van der Waals surface area contributed by atoms with Gasteiger partial charge >= 0.3 is 5.97 Å². The normalized spacial score (nSPS) is 13.3. The van der Waals surface area contributed by atoms with Gasteiger partial charge in [0.15, 0.2) is 0 Å². The average Bonchev–Trinajstić information content (AvgIpc) is 3.02. The zero-order valence-electron chi connectivity index (χ0n) is 25.3. The topological polar surface area (TPSA) is 217 Å². The number of amides is 4. The first-order valence-corrected chi connectivity index (χ1v) is 14.5. The fourth-order valence-corrected chi connectivity index (χ4v) is 4.43. The predicted octanol–water partition coefficient (Wildman–Crippen LogP) is -0.346. The quantitative estimate of drug-likeness (QED) is 0.0853. The number of phenols is 1. The number of aromatic hydroxyl groups is 1. The van der Waals surface area contributed by atoms with Crippen LogP contribution in [0.3, 0.4) is 0 Å². The second-order valence-electron chi connectivity index (χ2n) is 10.6. The van der Waals surface area contributed by atoms with E-state index in [1.807, 2.05) is 0 Å². The van der Waals surface area contributed by atoms with E-state index in [1.165, 1.54) is 19.2 Å². The first-order chi connectivity index (χ1) is 21.5. The Morgan fingerprint density at radius 1 is 0.889 bits per heavy atom. The second kappa shape index (κ2) is 18.7. The number of nitrogens with zero attached hydrogens (tertiary/aromatic N) is 1. The SMILES string of the molecule is C#CC[C@H](NC(=O)[C@@H](N)Cc1ccc(O)cc1)C(=O)NCC(=O)N(C)[C@@H](Cc1ccccc1)C(=O)N[C@H](CCCCN)C(=O)O. The maximum Gasteiger partial charge on any atom is 0.326 e. The zero-order chi connectivity index (χ0) is 33.4. The van der Waals surface area contributed by atoms with Crippen molar-refractivity contribution < 1.29 is 34.2 Å². The Balaban J connectivity index is 2.08. The Labute approximate surface area is 262 Å². The van der Waals surface area contributed by atoms with Crippen molar-refractivity contribution in [3.8, 4) is 18.1 Å². The summed E-state index contributed by atoms with van der Waals surface area (Å²) in [4.78, 5) is 65.1. The van der Waals surface area contributed by atoms with Crippen LogP contribution >= 0.6 is 0 Å². The zero-order valence-corrected chi connectivity index (χ0v) is 25.3. The van der Waals surface area contributed by atoms with E-state index in [0.717, 1.165) is 10.5 Å². The number of nitrogens with two attached hydrogens (primary N) is 2. The van der Waals surface area contributed by atoms with Gasteiger partial charge in [0.25, 0.3) is 0 Å². The number of aliphatic carboxylic acids is 1. The molecule has 0 bridgehead atoms. The van der Waals surface area contributed by atoms with Gasteiger partial charge in [-0.2, -0.15) is 0 Å². The molecular weight excluding hydrogens is 580 g/mol. The predicted molar refractivity (Wildman–Crippen MR) is 167 cm³/mol. The lowest BCUT2D eigenvalue weighted by Crippen LogP contribution is -2.56. The van der Waals surface area contributed by atoms with Gasteiger partial charge in [0, 0.05) is 19.9 Å². The number of phenolic OH excluding ortho intramolecular Hbond substituents is 1. The maximum atomic E-state index is 13.3. The number of carboxylic acid groups (broad SMARTS) is 1. The summed E-state index contributed by atoms with van der Waals surface area (Å²) in [5.41, 5.74) is 12.9. The summed E-state index contributed by atoms with van der Waals surface area (Å²) in [5.74, 6) is -1.48. The van der Waals surface area contributed by atoms with Crippen molar-refractivity contribution in [1.82, 2.24) is 20.9 Å². The summed E-state index contributed by atoms with van der Waals surface area (Å²) in [7, 11) is 1.38. The lowest BCUT2D eigenvalue weighted by atomic mass is 10.0. The van der Waals surface area contributed by atoms with Gasteiger partial charge in [-0.25, -0.2) is 4.79 Å². The molecule has 0 fully saturated rings. The fraction of sp³-hybridized carbons (Fsp3) is 0.406. The second-order valence-corrected chi connectivity index (χ2v) is 10.6. The number of carbonyl (C=O) groups excluding carboxylic acids is 4. The molecule has 2 rings (SSSR count). The molecular formula is C32H42N6O7. The van der Waals surface area contributed by atoms with Crippen LogP contribution in [0, 0.1) is 12.3 Å². The monoisotopic (exact) mass is 622 g/mol. The highest BCUT2D eigenvalue weighted by molar-refractivity contribution is 5.94. The van der Waals surface area contributed by atoms with E-state index in [9.17, 15) is 34.2 Å². The Bertz CT molecular complexity index is 1330. The molecule has 0 unspecified atom stereocenters. The van der Waals surface area contributed by atoms with Crippen LogP contribution in [-0.2, 0) is 36.8 Å². The van der Waals surface area contributed by atoms with E-state index < -0.39 is 60.3 Å². The summed E-state index contributed by atoms with van der Waals surface area (Å²) >= 11 is 0. The highest BCUT2D eigenvalue weighted by atomic mass is 16.4. The maximum absolute atomic E-state index is 13.3. The van der Waals surface area contributed by atoms with Crippen LogP contribution in [0.5, 0.6) is 5.75 Å². The number of unbranched alkanes of at least 4 members (excludes halogenated alkanes) is 1. The van der Waals surface area contributed by atoms with Gasteiger partial charge in [-0.3, -0.25) is 19.2 Å². The molecule has 242 valence electrons. The Morgan fingerprint density at radius 3 is 2.11 bits per heavy atom. The number of hydrogen-bond acceptors (Lipinski definition) is 8. The van der Waals surface area contributed by atoms with Crippen LogP contribution in [0.1, 0.15) is 36.8 Å². The minimum absolute atomic E-state index is 0.0671. The van der Waals surface area contributed by atoms with E-state index >= 15 is 0 Å². The van der Waals surface area contributed by atoms with Crippen LogP contribution < -0.4 is 27.4 Å². The molecule has 0 spiro atoms. The molecule has 13 heteroatoms. The van der Waals surface area contributed by atoms with Crippen molar-refractivity contribution in [2.75, 3.05) is 20.1 Å². The Morgan fingerprint density at radius 2 is 1.51 bits per heavy atom. The van der Waals surface area contributed by atoms with Gasteiger partial charge in [-0.05, 0) is 55.5 Å². The molecule has 2 aromatic carbocycles. The first-order valence-electron chi connectivity index (χ1n) is 14.5. The third-order valence-corrected chi connectivity index (χ3v) is 7.09. The summed E-state index contributed by atoms with van der Waals surface area (Å²) < 4.78 is 0. The molecule has 0 saturated heterocycles. The molecule has 13 nitrogen and oxygen atoms in total. The third-order valence-electron chi connectivity index (χ3n) is 7.09. The molecule has 0 saturated carbocycles. The van der Waals surface area contributed by atoms with Crippen LogP contribution in [0.25, 0.3) is 0 Å². The van der Waals surface area contributed by atoms with Crippen molar-refractivity contribution in [1.29, 1.82) is 0 Å². The van der Waals surface area contributed by atoms with Gasteiger partial charge in [-0.1, -0.05) is 42.5 Å². The van der Waals surface area contributed by atoms with Crippen LogP contribution in [0.4, 0.5) is 0 Å². The third kappa shape index (κ3) is 12.3. The molecule has 0 aliphatic heterocycles. The van der Waals surface area contributed by atoms with E-state index in [1.54, 1.807) is 42.5 Å².